The summed E-state index contributed by atoms with van der Waals surface area (Å²) in [6.07, 6.45) is 7.59. The monoisotopic (exact) mass is 421 g/mol. The molecule has 1 aromatic heterocycles. The Morgan fingerprint density at radius 1 is 0.903 bits per heavy atom. The van der Waals surface area contributed by atoms with Crippen molar-refractivity contribution >= 4 is 0 Å². The number of unbranched alkanes of at least 4 members (excludes halogenated alkanes) is 3. The van der Waals surface area contributed by atoms with E-state index in [2.05, 4.69) is 29.3 Å². The van der Waals surface area contributed by atoms with Crippen LogP contribution in [0.15, 0.2) is 48.7 Å². The van der Waals surface area contributed by atoms with Crippen molar-refractivity contribution in [2.24, 2.45) is 0 Å². The average molecular weight is 422 g/mol. The summed E-state index contributed by atoms with van der Waals surface area (Å²) < 4.78 is 12.0. The van der Waals surface area contributed by atoms with Gasteiger partial charge in [-0.15, -0.1) is 10.2 Å². The molecule has 0 saturated heterocycles. The van der Waals surface area contributed by atoms with Crippen LogP contribution in [0.1, 0.15) is 50.7 Å². The quantitative estimate of drug-likeness (QED) is 0.395. The van der Waals surface area contributed by atoms with Crippen LogP contribution in [0.2, 0.25) is 0 Å². The summed E-state index contributed by atoms with van der Waals surface area (Å²) in [6, 6.07) is 13.5. The summed E-state index contributed by atoms with van der Waals surface area (Å²) in [5.74, 6) is 1.41. The van der Waals surface area contributed by atoms with Crippen LogP contribution in [0.25, 0.3) is 11.3 Å². The first kappa shape index (κ1) is 22.5. The van der Waals surface area contributed by atoms with Crippen molar-refractivity contribution in [1.82, 2.24) is 15.4 Å². The molecule has 31 heavy (non-hydrogen) atoms. The molecule has 0 bridgehead atoms. The smallest absolute Gasteiger partial charge is 0.167 e. The predicted molar refractivity (Wildman–Crippen MR) is 122 cm³/mol. The standard InChI is InChI=1S/C25H31N3O3/c1-3-5-6-10-16-31-25-21(4-2)19(13-14-22(25)29)15-17-30-23-18-26-28-27-24(23)20-11-8-7-9-12-20/h7-9,11-14,18,29H,3-6,10,15-17H2,1-2H3. The van der Waals surface area contributed by atoms with Gasteiger partial charge in [0.05, 0.1) is 19.4 Å². The van der Waals surface area contributed by atoms with Gasteiger partial charge in [-0.25, -0.2) is 0 Å². The Balaban J connectivity index is 1.67. The molecule has 6 nitrogen and oxygen atoms in total. The molecule has 0 saturated carbocycles. The first-order chi connectivity index (χ1) is 15.2. The minimum Gasteiger partial charge on any atom is -0.504 e. The van der Waals surface area contributed by atoms with E-state index in [9.17, 15) is 5.11 Å². The van der Waals surface area contributed by atoms with Crippen LogP contribution in [0.4, 0.5) is 0 Å². The van der Waals surface area contributed by atoms with Crippen LogP contribution < -0.4 is 9.47 Å². The van der Waals surface area contributed by atoms with E-state index in [0.717, 1.165) is 36.0 Å². The van der Waals surface area contributed by atoms with E-state index in [1.807, 2.05) is 36.4 Å². The molecule has 0 radical (unpaired) electrons. The predicted octanol–water partition coefficient (Wildman–Crippen LogP) is 5.39. The number of phenolic OH excluding ortho intramolecular Hbond substituents is 1. The Morgan fingerprint density at radius 2 is 1.74 bits per heavy atom. The maximum Gasteiger partial charge on any atom is 0.167 e. The molecule has 0 spiro atoms. The molecule has 1 N–H and O–H groups in total. The molecular weight excluding hydrogens is 390 g/mol. The number of nitrogens with zero attached hydrogens (tertiary/aromatic N) is 3. The first-order valence-electron chi connectivity index (χ1n) is 11.1. The zero-order chi connectivity index (χ0) is 21.9. The number of ether oxygens (including phenoxy) is 2. The lowest BCUT2D eigenvalue weighted by molar-refractivity contribution is 0.285. The Labute approximate surface area is 184 Å². The molecule has 0 atom stereocenters. The molecule has 0 fully saturated rings. The van der Waals surface area contributed by atoms with Crippen molar-refractivity contribution in [2.75, 3.05) is 13.2 Å². The summed E-state index contributed by atoms with van der Waals surface area (Å²) in [6.45, 7) is 5.35. The molecule has 3 rings (SSSR count). The Bertz CT molecular complexity index is 948. The molecule has 6 heteroatoms. The van der Waals surface area contributed by atoms with Gasteiger partial charge in [-0.1, -0.05) is 69.5 Å². The van der Waals surface area contributed by atoms with Crippen LogP contribution in [-0.2, 0) is 12.8 Å². The van der Waals surface area contributed by atoms with Gasteiger partial charge in [-0.05, 0) is 29.7 Å². The number of aromatic hydroxyl groups is 1. The molecule has 0 amide bonds. The second-order valence-corrected chi connectivity index (χ2v) is 7.43. The third kappa shape index (κ3) is 6.17. The molecule has 0 aliphatic carbocycles. The van der Waals surface area contributed by atoms with Crippen molar-refractivity contribution in [1.29, 1.82) is 0 Å². The average Bonchev–Trinajstić information content (AvgIpc) is 2.81. The lowest BCUT2D eigenvalue weighted by atomic mass is 10.0. The zero-order valence-electron chi connectivity index (χ0n) is 18.4. The highest BCUT2D eigenvalue weighted by atomic mass is 16.5. The van der Waals surface area contributed by atoms with Crippen molar-refractivity contribution in [3.63, 3.8) is 0 Å². The minimum atomic E-state index is 0.200. The fourth-order valence-electron chi connectivity index (χ4n) is 3.57. The second-order valence-electron chi connectivity index (χ2n) is 7.43. The minimum absolute atomic E-state index is 0.200. The lowest BCUT2D eigenvalue weighted by Gasteiger charge is -2.17. The maximum atomic E-state index is 10.3. The van der Waals surface area contributed by atoms with Crippen molar-refractivity contribution in [3.8, 4) is 28.5 Å². The molecule has 2 aromatic carbocycles. The molecule has 0 aliphatic heterocycles. The lowest BCUT2D eigenvalue weighted by Crippen LogP contribution is -2.08. The Morgan fingerprint density at radius 3 is 2.52 bits per heavy atom. The number of benzene rings is 2. The van der Waals surface area contributed by atoms with E-state index >= 15 is 0 Å². The van der Waals surface area contributed by atoms with Gasteiger partial charge in [0.15, 0.2) is 17.2 Å². The third-order valence-corrected chi connectivity index (χ3v) is 5.22. The van der Waals surface area contributed by atoms with E-state index in [0.29, 0.717) is 36.8 Å². The molecular formula is C25H31N3O3. The van der Waals surface area contributed by atoms with Gasteiger partial charge < -0.3 is 14.6 Å². The summed E-state index contributed by atoms with van der Waals surface area (Å²) in [7, 11) is 0. The largest absolute Gasteiger partial charge is 0.504 e. The normalized spacial score (nSPS) is 10.8. The van der Waals surface area contributed by atoms with Gasteiger partial charge in [-0.2, -0.15) is 0 Å². The molecule has 0 aliphatic rings. The highest BCUT2D eigenvalue weighted by Gasteiger charge is 2.14. The van der Waals surface area contributed by atoms with E-state index < -0.39 is 0 Å². The van der Waals surface area contributed by atoms with Gasteiger partial charge in [0.1, 0.15) is 5.69 Å². The van der Waals surface area contributed by atoms with Crippen LogP contribution >= 0.6 is 0 Å². The van der Waals surface area contributed by atoms with E-state index in [1.54, 1.807) is 12.3 Å². The Hall–Kier alpha value is -3.15. The summed E-state index contributed by atoms with van der Waals surface area (Å²) >= 11 is 0. The highest BCUT2D eigenvalue weighted by Crippen LogP contribution is 2.34. The number of phenols is 1. The SMILES string of the molecule is CCCCCCOc1c(O)ccc(CCOc2cnnnc2-c2ccccc2)c1CC. The number of hydrogen-bond acceptors (Lipinski definition) is 6. The van der Waals surface area contributed by atoms with Crippen LogP contribution in [0.3, 0.4) is 0 Å². The third-order valence-electron chi connectivity index (χ3n) is 5.22. The van der Waals surface area contributed by atoms with Gasteiger partial charge in [-0.3, -0.25) is 0 Å². The van der Waals surface area contributed by atoms with E-state index in [-0.39, 0.29) is 5.75 Å². The molecule has 0 unspecified atom stereocenters. The topological polar surface area (TPSA) is 77.4 Å². The summed E-state index contributed by atoms with van der Waals surface area (Å²) in [5, 5.41) is 22.1. The molecule has 3 aromatic rings. The fourth-order valence-corrected chi connectivity index (χ4v) is 3.57. The fraction of sp³-hybridized carbons (Fsp3) is 0.400. The van der Waals surface area contributed by atoms with Gasteiger partial charge in [0, 0.05) is 17.5 Å². The van der Waals surface area contributed by atoms with E-state index in [4.69, 9.17) is 9.47 Å². The molecule has 164 valence electrons. The second kappa shape index (κ2) is 11.9. The maximum absolute atomic E-state index is 10.3. The first-order valence-corrected chi connectivity index (χ1v) is 11.1. The van der Waals surface area contributed by atoms with Crippen LogP contribution in [-0.4, -0.2) is 33.7 Å². The number of rotatable bonds is 12. The summed E-state index contributed by atoms with van der Waals surface area (Å²) in [5.41, 5.74) is 3.76. The van der Waals surface area contributed by atoms with Crippen molar-refractivity contribution < 1.29 is 14.6 Å². The van der Waals surface area contributed by atoms with Gasteiger partial charge in [0.25, 0.3) is 0 Å². The summed E-state index contributed by atoms with van der Waals surface area (Å²) in [4.78, 5) is 0. The van der Waals surface area contributed by atoms with Gasteiger partial charge >= 0.3 is 0 Å². The van der Waals surface area contributed by atoms with E-state index in [1.165, 1.54) is 12.8 Å². The highest BCUT2D eigenvalue weighted by molar-refractivity contribution is 5.64. The molecule has 1 heterocycles. The Kier molecular flexibility index (Phi) is 8.64. The number of hydrogen-bond donors (Lipinski definition) is 1. The van der Waals surface area contributed by atoms with Gasteiger partial charge in [0.2, 0.25) is 0 Å². The van der Waals surface area contributed by atoms with Crippen molar-refractivity contribution in [3.05, 3.63) is 59.8 Å². The van der Waals surface area contributed by atoms with Crippen LogP contribution in [0, 0.1) is 0 Å². The van der Waals surface area contributed by atoms with Crippen LogP contribution in [0.5, 0.6) is 17.2 Å². The zero-order valence-corrected chi connectivity index (χ0v) is 18.4. The number of aromatic nitrogens is 3. The van der Waals surface area contributed by atoms with Crippen molar-refractivity contribution in [2.45, 2.75) is 52.4 Å².